The number of carbonyl (C=O) groups excluding carboxylic acids is 1. The summed E-state index contributed by atoms with van der Waals surface area (Å²) in [6, 6.07) is 4.53. The second-order valence-electron chi connectivity index (χ2n) is 3.61. The van der Waals surface area contributed by atoms with Gasteiger partial charge in [0.1, 0.15) is 5.25 Å². The van der Waals surface area contributed by atoms with E-state index in [0.29, 0.717) is 11.3 Å². The van der Waals surface area contributed by atoms with Crippen LogP contribution >= 0.6 is 0 Å². The summed E-state index contributed by atoms with van der Waals surface area (Å²) in [5, 5.41) is -1.26. The van der Waals surface area contributed by atoms with Crippen molar-refractivity contribution in [2.75, 3.05) is 5.73 Å². The van der Waals surface area contributed by atoms with Crippen molar-refractivity contribution in [1.82, 2.24) is 0 Å². The second-order valence-corrected chi connectivity index (χ2v) is 5.85. The average Bonchev–Trinajstić information content (AvgIpc) is 2.20. The summed E-state index contributed by atoms with van der Waals surface area (Å²) in [6.45, 7) is 2.90. The number of hydrogen-bond acceptors (Lipinski definition) is 4. The Morgan fingerprint density at radius 2 is 1.94 bits per heavy atom. The summed E-state index contributed by atoms with van der Waals surface area (Å²) in [4.78, 5) is 11.0. The molecule has 0 saturated heterocycles. The predicted octanol–water partition coefficient (Wildman–Crippen LogP) is 0.225. The number of nitrogen functional groups attached to an aromatic ring is 1. The number of carbonyl (C=O) groups is 1. The van der Waals surface area contributed by atoms with Crippen molar-refractivity contribution in [2.45, 2.75) is 24.0 Å². The fourth-order valence-electron chi connectivity index (χ4n) is 1.27. The first-order valence-electron chi connectivity index (χ1n) is 4.66. The molecular weight excluding hydrogens is 228 g/mol. The molecule has 0 aliphatic carbocycles. The van der Waals surface area contributed by atoms with Crippen LogP contribution in [0.15, 0.2) is 23.1 Å². The van der Waals surface area contributed by atoms with Gasteiger partial charge < -0.3 is 11.5 Å². The third-order valence-electron chi connectivity index (χ3n) is 2.38. The van der Waals surface area contributed by atoms with E-state index in [1.54, 1.807) is 19.1 Å². The highest BCUT2D eigenvalue weighted by Crippen LogP contribution is 2.22. The molecule has 0 bridgehead atoms. The first-order valence-corrected chi connectivity index (χ1v) is 6.21. The van der Waals surface area contributed by atoms with Crippen LogP contribution in [0.3, 0.4) is 0 Å². The SMILES string of the molecule is Cc1ccc(N)cc1S(=O)(=O)C(C)C(N)=O. The molecule has 1 aromatic carbocycles. The van der Waals surface area contributed by atoms with Gasteiger partial charge in [0.2, 0.25) is 5.91 Å². The van der Waals surface area contributed by atoms with E-state index in [1.807, 2.05) is 0 Å². The Bertz CT molecular complexity index is 523. The van der Waals surface area contributed by atoms with E-state index in [-0.39, 0.29) is 4.90 Å². The molecule has 0 spiro atoms. The van der Waals surface area contributed by atoms with Gasteiger partial charge in [-0.3, -0.25) is 4.79 Å². The number of anilines is 1. The molecule has 1 amide bonds. The Balaban J connectivity index is 3.38. The quantitative estimate of drug-likeness (QED) is 0.740. The largest absolute Gasteiger partial charge is 0.399 e. The van der Waals surface area contributed by atoms with Crippen molar-refractivity contribution >= 4 is 21.4 Å². The predicted molar refractivity (Wildman–Crippen MR) is 61.4 cm³/mol. The number of hydrogen-bond donors (Lipinski definition) is 2. The molecule has 88 valence electrons. The lowest BCUT2D eigenvalue weighted by molar-refractivity contribution is -0.117. The van der Waals surface area contributed by atoms with E-state index >= 15 is 0 Å². The Morgan fingerprint density at radius 3 is 2.44 bits per heavy atom. The number of sulfone groups is 1. The van der Waals surface area contributed by atoms with Crippen LogP contribution in [0, 0.1) is 6.92 Å². The maximum atomic E-state index is 12.0. The van der Waals surface area contributed by atoms with Gasteiger partial charge in [-0.25, -0.2) is 8.42 Å². The Kier molecular flexibility index (Phi) is 3.23. The van der Waals surface area contributed by atoms with E-state index < -0.39 is 21.0 Å². The second kappa shape index (κ2) is 4.13. The molecule has 0 radical (unpaired) electrons. The van der Waals surface area contributed by atoms with E-state index in [2.05, 4.69) is 0 Å². The van der Waals surface area contributed by atoms with Crippen molar-refractivity contribution in [1.29, 1.82) is 0 Å². The Morgan fingerprint density at radius 1 is 1.38 bits per heavy atom. The lowest BCUT2D eigenvalue weighted by atomic mass is 10.2. The number of amides is 1. The van der Waals surface area contributed by atoms with E-state index in [1.165, 1.54) is 13.0 Å². The van der Waals surface area contributed by atoms with E-state index in [9.17, 15) is 13.2 Å². The van der Waals surface area contributed by atoms with Crippen LogP contribution < -0.4 is 11.5 Å². The average molecular weight is 242 g/mol. The molecule has 0 heterocycles. The molecule has 0 aliphatic rings. The van der Waals surface area contributed by atoms with Crippen molar-refractivity contribution in [3.8, 4) is 0 Å². The summed E-state index contributed by atoms with van der Waals surface area (Å²) in [5.74, 6) is -0.873. The zero-order valence-electron chi connectivity index (χ0n) is 9.10. The molecule has 0 fully saturated rings. The van der Waals surface area contributed by atoms with Gasteiger partial charge in [-0.05, 0) is 31.5 Å². The minimum atomic E-state index is -3.75. The monoisotopic (exact) mass is 242 g/mol. The maximum Gasteiger partial charge on any atom is 0.235 e. The molecule has 1 aromatic rings. The van der Waals surface area contributed by atoms with Crippen LogP contribution in [0.2, 0.25) is 0 Å². The minimum absolute atomic E-state index is 0.0544. The van der Waals surface area contributed by atoms with E-state index in [0.717, 1.165) is 0 Å². The van der Waals surface area contributed by atoms with Gasteiger partial charge in [-0.1, -0.05) is 6.07 Å². The van der Waals surface area contributed by atoms with Crippen LogP contribution in [0.4, 0.5) is 5.69 Å². The van der Waals surface area contributed by atoms with Crippen molar-refractivity contribution < 1.29 is 13.2 Å². The summed E-state index contributed by atoms with van der Waals surface area (Å²) in [5.41, 5.74) is 11.4. The van der Waals surface area contributed by atoms with Gasteiger partial charge in [-0.15, -0.1) is 0 Å². The zero-order chi connectivity index (χ0) is 12.5. The topological polar surface area (TPSA) is 103 Å². The number of primary amides is 1. The maximum absolute atomic E-state index is 12.0. The smallest absolute Gasteiger partial charge is 0.235 e. The standard InChI is InChI=1S/C10H14N2O3S/c1-6-3-4-8(11)5-9(6)16(14,15)7(2)10(12)13/h3-5,7H,11H2,1-2H3,(H2,12,13). The summed E-state index contributed by atoms with van der Waals surface area (Å²) >= 11 is 0. The summed E-state index contributed by atoms with van der Waals surface area (Å²) < 4.78 is 24.0. The zero-order valence-corrected chi connectivity index (χ0v) is 9.91. The van der Waals surface area contributed by atoms with Crippen LogP contribution in [0.5, 0.6) is 0 Å². The summed E-state index contributed by atoms with van der Waals surface area (Å²) in [6.07, 6.45) is 0. The minimum Gasteiger partial charge on any atom is -0.399 e. The van der Waals surface area contributed by atoms with Crippen molar-refractivity contribution in [3.63, 3.8) is 0 Å². The third kappa shape index (κ3) is 2.16. The first-order chi connectivity index (χ1) is 7.26. The van der Waals surface area contributed by atoms with Gasteiger partial charge in [-0.2, -0.15) is 0 Å². The highest BCUT2D eigenvalue weighted by Gasteiger charge is 2.29. The molecule has 5 nitrogen and oxygen atoms in total. The molecule has 1 unspecified atom stereocenters. The fraction of sp³-hybridized carbons (Fsp3) is 0.300. The van der Waals surface area contributed by atoms with Gasteiger partial charge in [0.15, 0.2) is 9.84 Å². The number of aryl methyl sites for hydroxylation is 1. The van der Waals surface area contributed by atoms with Crippen molar-refractivity contribution in [2.24, 2.45) is 5.73 Å². The van der Waals surface area contributed by atoms with Crippen LogP contribution in [0.1, 0.15) is 12.5 Å². The normalized spacial score (nSPS) is 13.4. The van der Waals surface area contributed by atoms with Gasteiger partial charge >= 0.3 is 0 Å². The molecule has 16 heavy (non-hydrogen) atoms. The van der Waals surface area contributed by atoms with Crippen LogP contribution in [-0.4, -0.2) is 19.6 Å². The summed E-state index contributed by atoms with van der Waals surface area (Å²) in [7, 11) is -3.75. The highest BCUT2D eigenvalue weighted by molar-refractivity contribution is 7.92. The van der Waals surface area contributed by atoms with Gasteiger partial charge in [0, 0.05) is 5.69 Å². The molecule has 1 atom stereocenters. The number of benzene rings is 1. The number of rotatable bonds is 3. The highest BCUT2D eigenvalue weighted by atomic mass is 32.2. The Labute approximate surface area is 94.4 Å². The van der Waals surface area contributed by atoms with Gasteiger partial charge in [0.25, 0.3) is 0 Å². The molecule has 0 aromatic heterocycles. The molecule has 6 heteroatoms. The Hall–Kier alpha value is -1.56. The van der Waals surface area contributed by atoms with Crippen LogP contribution in [-0.2, 0) is 14.6 Å². The fourth-order valence-corrected chi connectivity index (χ4v) is 2.77. The molecule has 1 rings (SSSR count). The molecule has 0 saturated carbocycles. The first kappa shape index (κ1) is 12.5. The molecule has 0 aliphatic heterocycles. The van der Waals surface area contributed by atoms with E-state index in [4.69, 9.17) is 11.5 Å². The van der Waals surface area contributed by atoms with Crippen LogP contribution in [0.25, 0.3) is 0 Å². The molecule has 4 N–H and O–H groups in total. The van der Waals surface area contributed by atoms with Gasteiger partial charge in [0.05, 0.1) is 4.90 Å². The lowest BCUT2D eigenvalue weighted by Gasteiger charge is -2.12. The number of nitrogens with two attached hydrogens (primary N) is 2. The third-order valence-corrected chi connectivity index (χ3v) is 4.60. The van der Waals surface area contributed by atoms with Crippen molar-refractivity contribution in [3.05, 3.63) is 23.8 Å². The lowest BCUT2D eigenvalue weighted by Crippen LogP contribution is -2.33. The molecular formula is C10H14N2O3S.